The summed E-state index contributed by atoms with van der Waals surface area (Å²) in [5, 5.41) is 3.49. The molecular weight excluding hydrogens is 1040 g/mol. The van der Waals surface area contributed by atoms with E-state index in [2.05, 4.69) is 198 Å². The molecule has 0 bridgehead atoms. The van der Waals surface area contributed by atoms with Crippen molar-refractivity contribution in [1.29, 1.82) is 0 Å². The van der Waals surface area contributed by atoms with Crippen LogP contribution < -0.4 is 5.19 Å². The molecule has 0 saturated carbocycles. The van der Waals surface area contributed by atoms with Crippen LogP contribution in [0.4, 0.5) is 0 Å². The van der Waals surface area contributed by atoms with Crippen molar-refractivity contribution in [2.24, 2.45) is 0 Å². The van der Waals surface area contributed by atoms with E-state index >= 15 is 0 Å². The number of pyridine rings is 1. The Labute approximate surface area is 424 Å². The molecule has 0 fully saturated rings. The first kappa shape index (κ1) is 46.6. The first-order valence-corrected chi connectivity index (χ1v) is 27.6. The van der Waals surface area contributed by atoms with Gasteiger partial charge in [-0.2, -0.15) is 0 Å². The molecule has 1 aliphatic rings. The number of benzene rings is 7. The summed E-state index contributed by atoms with van der Waals surface area (Å²) in [6, 6.07) is 58.2. The first-order valence-electron chi connectivity index (χ1n) is 24.6. The third kappa shape index (κ3) is 8.45. The van der Waals surface area contributed by atoms with Crippen molar-refractivity contribution in [3.63, 3.8) is 0 Å². The molecule has 0 amide bonds. The van der Waals surface area contributed by atoms with Gasteiger partial charge in [0.2, 0.25) is 0 Å². The zero-order valence-electron chi connectivity index (χ0n) is 42.7. The van der Waals surface area contributed by atoms with E-state index < -0.39 is 14.0 Å². The van der Waals surface area contributed by atoms with Crippen LogP contribution in [-0.2, 0) is 25.5 Å². The van der Waals surface area contributed by atoms with Gasteiger partial charge in [0, 0.05) is 49.7 Å². The fraction of sp³-hybridized carbons (Fsp3) is 0.238. The van der Waals surface area contributed by atoms with Crippen molar-refractivity contribution in [2.45, 2.75) is 98.2 Å². The second kappa shape index (κ2) is 18.6. The van der Waals surface area contributed by atoms with E-state index in [1.54, 1.807) is 0 Å². The van der Waals surface area contributed by atoms with Crippen LogP contribution >= 0.6 is 0 Å². The zero-order chi connectivity index (χ0) is 48.6. The molecule has 11 rings (SSSR count). The molecular formula is C63H61IrN3OSi-2. The van der Waals surface area contributed by atoms with Gasteiger partial charge in [-0.05, 0) is 91.8 Å². The fourth-order valence-corrected chi connectivity index (χ4v) is 12.0. The standard InChI is InChI=1S/C46H39N2O.C17H22NSi.Ir/c1-27(2)36-25-30(29-15-8-7-9-16-29)26-37(28(3)4)42(36)48-40-22-13-12-21-39(40)47-45(48)35-19-14-18-33-34-24-23-32-31-17-10-11-20-38(31)46(5,6)41(32)44(34)49-43(33)35;1-13(2)15-11-16(14-9-7-6-8-10-14)18-12-17(15)19(3,4)5;/h7-18,20-28H,1-6H3;6-9,11-13H,1-5H3;/q2*-1;/i;13D;. The topological polar surface area (TPSA) is 43.9 Å². The Bertz CT molecular complexity index is 3530. The van der Waals surface area contributed by atoms with E-state index in [4.69, 9.17) is 10.8 Å². The summed E-state index contributed by atoms with van der Waals surface area (Å²) in [7, 11) is -1.50. The second-order valence-corrected chi connectivity index (χ2v) is 25.9. The molecule has 10 aromatic rings. The van der Waals surface area contributed by atoms with Gasteiger partial charge in [-0.15, -0.1) is 54.1 Å². The Kier molecular flexibility index (Phi) is 12.6. The minimum Gasteiger partial charge on any atom is -0.500 e. The van der Waals surface area contributed by atoms with Crippen LogP contribution in [0.15, 0.2) is 156 Å². The van der Waals surface area contributed by atoms with Crippen molar-refractivity contribution in [3.8, 4) is 50.6 Å². The van der Waals surface area contributed by atoms with E-state index in [0.717, 1.165) is 61.2 Å². The molecule has 3 heterocycles. The van der Waals surface area contributed by atoms with Crippen LogP contribution in [0.25, 0.3) is 83.6 Å². The van der Waals surface area contributed by atoms with E-state index in [9.17, 15) is 0 Å². The predicted molar refractivity (Wildman–Crippen MR) is 289 cm³/mol. The van der Waals surface area contributed by atoms with Gasteiger partial charge in [-0.3, -0.25) is 4.98 Å². The largest absolute Gasteiger partial charge is 0.500 e. The molecule has 0 spiro atoms. The fourth-order valence-electron chi connectivity index (χ4n) is 10.4. The summed E-state index contributed by atoms with van der Waals surface area (Å²) in [6.45, 7) is 24.6. The van der Waals surface area contributed by atoms with Crippen molar-refractivity contribution < 1.29 is 25.9 Å². The average molecular weight is 1100 g/mol. The van der Waals surface area contributed by atoms with E-state index in [0.29, 0.717) is 0 Å². The summed E-state index contributed by atoms with van der Waals surface area (Å²) < 4.78 is 17.9. The van der Waals surface area contributed by atoms with Crippen LogP contribution in [0, 0.1) is 12.1 Å². The van der Waals surface area contributed by atoms with Crippen LogP contribution in [0.2, 0.25) is 19.6 Å². The number of nitrogens with zero attached hydrogens (tertiary/aromatic N) is 3. The van der Waals surface area contributed by atoms with Gasteiger partial charge in [-0.1, -0.05) is 176 Å². The van der Waals surface area contributed by atoms with Crippen molar-refractivity contribution in [3.05, 3.63) is 192 Å². The molecule has 1 radical (unpaired) electrons. The molecule has 0 N–H and O–H groups in total. The number of hydrogen-bond acceptors (Lipinski definition) is 3. The Balaban J connectivity index is 0.000000244. The maximum atomic E-state index is 8.44. The monoisotopic (exact) mass is 1100 g/mol. The summed E-state index contributed by atoms with van der Waals surface area (Å²) >= 11 is 0. The molecule has 7 aromatic carbocycles. The maximum absolute atomic E-state index is 8.44. The van der Waals surface area contributed by atoms with Gasteiger partial charge in [0.15, 0.2) is 0 Å². The SMILES string of the molecule is CC(C)c1cc(-c2ccccc2)cc(C(C)C)c1-n1c(-c2[c-]ccc3c2oc2c4c(ccc23)-c2ccccc2C4(C)C)nc2ccccc21.[2H]C(C)(C)c1cc(-c2[c-]cccc2)ncc1[Si](C)(C)C.[Ir]. The molecule has 0 unspecified atom stereocenters. The van der Waals surface area contributed by atoms with E-state index in [1.165, 1.54) is 55.4 Å². The van der Waals surface area contributed by atoms with Crippen LogP contribution in [0.3, 0.4) is 0 Å². The Morgan fingerprint density at radius 1 is 0.652 bits per heavy atom. The van der Waals surface area contributed by atoms with Gasteiger partial charge < -0.3 is 14.0 Å². The summed E-state index contributed by atoms with van der Waals surface area (Å²) in [4.78, 5) is 9.98. The third-order valence-corrected chi connectivity index (χ3v) is 15.9. The molecule has 3 aromatic heterocycles. The molecule has 4 nitrogen and oxygen atoms in total. The van der Waals surface area contributed by atoms with Gasteiger partial charge in [0.05, 0.1) is 30.5 Å². The number of fused-ring (bicyclic) bond motifs is 8. The van der Waals surface area contributed by atoms with E-state index in [-0.39, 0.29) is 37.4 Å². The second-order valence-electron chi connectivity index (χ2n) is 20.8. The van der Waals surface area contributed by atoms with Crippen molar-refractivity contribution >= 4 is 46.2 Å². The van der Waals surface area contributed by atoms with Crippen molar-refractivity contribution in [2.75, 3.05) is 0 Å². The summed E-state index contributed by atoms with van der Waals surface area (Å²) in [5.41, 5.74) is 18.9. The number of hydrogen-bond donors (Lipinski definition) is 0. The molecule has 0 atom stereocenters. The number of rotatable bonds is 8. The molecule has 0 saturated heterocycles. The number of aromatic nitrogens is 3. The third-order valence-electron chi connectivity index (χ3n) is 13.9. The molecule has 0 aliphatic heterocycles. The van der Waals surface area contributed by atoms with Crippen LogP contribution in [-0.4, -0.2) is 22.6 Å². The Morgan fingerprint density at radius 3 is 2.00 bits per heavy atom. The average Bonchev–Trinajstić information content (AvgIpc) is 3.99. The van der Waals surface area contributed by atoms with Gasteiger partial charge in [0.25, 0.3) is 0 Å². The minimum absolute atomic E-state index is 0. The van der Waals surface area contributed by atoms with E-state index in [1.807, 2.05) is 50.4 Å². The smallest absolute Gasteiger partial charge is 0.125 e. The predicted octanol–water partition coefficient (Wildman–Crippen LogP) is 16.8. The molecule has 69 heavy (non-hydrogen) atoms. The quantitative estimate of drug-likeness (QED) is 0.112. The molecule has 1 aliphatic carbocycles. The summed E-state index contributed by atoms with van der Waals surface area (Å²) in [5.74, 6) is 0.800. The first-order chi connectivity index (χ1) is 32.9. The number of imidazole rings is 1. The van der Waals surface area contributed by atoms with Gasteiger partial charge in [-0.25, -0.2) is 0 Å². The van der Waals surface area contributed by atoms with Crippen LogP contribution in [0.1, 0.15) is 102 Å². The van der Waals surface area contributed by atoms with Gasteiger partial charge in [0.1, 0.15) is 5.58 Å². The zero-order valence-corrected chi connectivity index (χ0v) is 45.1. The Morgan fingerprint density at radius 2 is 1.32 bits per heavy atom. The Hall–Kier alpha value is -6.17. The minimum atomic E-state index is -1.50. The van der Waals surface area contributed by atoms with Gasteiger partial charge >= 0.3 is 0 Å². The molecule has 6 heteroatoms. The summed E-state index contributed by atoms with van der Waals surface area (Å²) in [6.07, 6.45) is 1.98. The number of para-hydroxylation sites is 2. The maximum Gasteiger partial charge on any atom is 0.125 e. The molecule has 349 valence electrons. The normalized spacial score (nSPS) is 13.3. The van der Waals surface area contributed by atoms with Crippen LogP contribution in [0.5, 0.6) is 0 Å². The van der Waals surface area contributed by atoms with Crippen molar-refractivity contribution in [1.82, 2.24) is 14.5 Å². The number of furan rings is 1.